The Morgan fingerprint density at radius 1 is 1.41 bits per heavy atom. The van der Waals surface area contributed by atoms with E-state index in [0.29, 0.717) is 27.5 Å². The first-order valence-corrected chi connectivity index (χ1v) is 7.10. The van der Waals surface area contributed by atoms with Crippen molar-refractivity contribution in [3.05, 3.63) is 34.2 Å². The standard InChI is InChI=1S/C12H11BrFN5O3/c13-8-5-7(1-2-9(8)14)19-6-21-18-12(19)10-11(15-3-4-20)17-22-16-10/h1-2,5,20H,3-4,6H2,(H,15,17). The van der Waals surface area contributed by atoms with Crippen LogP contribution in [0.2, 0.25) is 0 Å². The Balaban J connectivity index is 1.90. The summed E-state index contributed by atoms with van der Waals surface area (Å²) in [4.78, 5) is 6.78. The molecule has 0 saturated carbocycles. The molecule has 8 nitrogen and oxygen atoms in total. The number of amidine groups is 1. The normalized spacial score (nSPS) is 14.0. The van der Waals surface area contributed by atoms with Crippen molar-refractivity contribution in [2.45, 2.75) is 0 Å². The number of anilines is 2. The maximum absolute atomic E-state index is 13.4. The van der Waals surface area contributed by atoms with Gasteiger partial charge in [-0.25, -0.2) is 9.02 Å². The molecule has 1 aliphatic rings. The molecule has 2 heterocycles. The zero-order chi connectivity index (χ0) is 15.5. The van der Waals surface area contributed by atoms with Gasteiger partial charge in [-0.1, -0.05) is 5.16 Å². The average molecular weight is 372 g/mol. The molecule has 0 saturated heterocycles. The van der Waals surface area contributed by atoms with Gasteiger partial charge in [0.25, 0.3) is 0 Å². The Morgan fingerprint density at radius 3 is 3.05 bits per heavy atom. The van der Waals surface area contributed by atoms with Crippen LogP contribution >= 0.6 is 15.9 Å². The summed E-state index contributed by atoms with van der Waals surface area (Å²) in [5.74, 6) is 0.348. The van der Waals surface area contributed by atoms with Crippen molar-refractivity contribution in [2.75, 3.05) is 30.1 Å². The number of aliphatic hydroxyl groups is 1. The summed E-state index contributed by atoms with van der Waals surface area (Å²) in [6.07, 6.45) is 0. The van der Waals surface area contributed by atoms with Crippen molar-refractivity contribution in [3.8, 4) is 0 Å². The molecule has 0 unspecified atom stereocenters. The number of aliphatic hydroxyl groups excluding tert-OH is 1. The first-order chi connectivity index (χ1) is 10.7. The van der Waals surface area contributed by atoms with Gasteiger partial charge in [-0.05, 0) is 44.4 Å². The zero-order valence-electron chi connectivity index (χ0n) is 11.2. The molecule has 3 rings (SSSR count). The highest BCUT2D eigenvalue weighted by Crippen LogP contribution is 2.27. The van der Waals surface area contributed by atoms with Gasteiger partial charge in [-0.2, -0.15) is 0 Å². The minimum atomic E-state index is -0.365. The lowest BCUT2D eigenvalue weighted by molar-refractivity contribution is 0.174. The van der Waals surface area contributed by atoms with Crippen molar-refractivity contribution in [1.29, 1.82) is 0 Å². The topological polar surface area (TPSA) is 96.0 Å². The molecule has 1 aliphatic heterocycles. The van der Waals surface area contributed by atoms with E-state index in [0.717, 1.165) is 0 Å². The van der Waals surface area contributed by atoms with E-state index in [1.54, 1.807) is 17.0 Å². The van der Waals surface area contributed by atoms with E-state index >= 15 is 0 Å². The predicted molar refractivity (Wildman–Crippen MR) is 78.9 cm³/mol. The number of nitrogens with one attached hydrogen (secondary N) is 1. The maximum atomic E-state index is 13.4. The van der Waals surface area contributed by atoms with Crippen LogP contribution in [0, 0.1) is 5.82 Å². The number of aromatic nitrogens is 2. The highest BCUT2D eigenvalue weighted by molar-refractivity contribution is 9.10. The molecule has 1 aromatic carbocycles. The van der Waals surface area contributed by atoms with Crippen molar-refractivity contribution < 1.29 is 19.0 Å². The van der Waals surface area contributed by atoms with Crippen LogP contribution in [0.15, 0.2) is 32.5 Å². The molecule has 2 N–H and O–H groups in total. The molecular weight excluding hydrogens is 361 g/mol. The van der Waals surface area contributed by atoms with Crippen LogP contribution < -0.4 is 10.2 Å². The van der Waals surface area contributed by atoms with Crippen molar-refractivity contribution in [3.63, 3.8) is 0 Å². The third-order valence-corrected chi connectivity index (χ3v) is 3.52. The highest BCUT2D eigenvalue weighted by Gasteiger charge is 2.28. The van der Waals surface area contributed by atoms with Crippen LogP contribution in [0.5, 0.6) is 0 Å². The molecule has 0 atom stereocenters. The van der Waals surface area contributed by atoms with Gasteiger partial charge in [-0.15, -0.1) is 0 Å². The molecule has 0 fully saturated rings. The number of oxime groups is 1. The maximum Gasteiger partial charge on any atom is 0.208 e. The van der Waals surface area contributed by atoms with Crippen LogP contribution in [-0.4, -0.2) is 41.1 Å². The van der Waals surface area contributed by atoms with E-state index in [-0.39, 0.29) is 25.7 Å². The zero-order valence-corrected chi connectivity index (χ0v) is 12.7. The largest absolute Gasteiger partial charge is 0.395 e. The number of hydrogen-bond acceptors (Lipinski definition) is 8. The lowest BCUT2D eigenvalue weighted by Gasteiger charge is -2.17. The molecule has 22 heavy (non-hydrogen) atoms. The second-order valence-electron chi connectivity index (χ2n) is 4.31. The third-order valence-electron chi connectivity index (χ3n) is 2.91. The predicted octanol–water partition coefficient (Wildman–Crippen LogP) is 1.53. The van der Waals surface area contributed by atoms with E-state index in [9.17, 15) is 4.39 Å². The van der Waals surface area contributed by atoms with Gasteiger partial charge in [0.05, 0.1) is 11.1 Å². The summed E-state index contributed by atoms with van der Waals surface area (Å²) in [6.45, 7) is 0.376. The molecule has 0 amide bonds. The fraction of sp³-hybridized carbons (Fsp3) is 0.250. The van der Waals surface area contributed by atoms with E-state index in [1.165, 1.54) is 6.07 Å². The Hall–Kier alpha value is -2.20. The molecule has 0 aliphatic carbocycles. The average Bonchev–Trinajstić information content (AvgIpc) is 3.15. The monoisotopic (exact) mass is 371 g/mol. The van der Waals surface area contributed by atoms with Crippen LogP contribution in [0.4, 0.5) is 15.9 Å². The Kier molecular flexibility index (Phi) is 4.20. The fourth-order valence-corrected chi connectivity index (χ4v) is 2.27. The third kappa shape index (κ3) is 2.74. The summed E-state index contributed by atoms with van der Waals surface area (Å²) in [7, 11) is 0. The number of rotatable bonds is 5. The van der Waals surface area contributed by atoms with Crippen molar-refractivity contribution >= 4 is 33.3 Å². The highest BCUT2D eigenvalue weighted by atomic mass is 79.9. The van der Waals surface area contributed by atoms with Gasteiger partial charge in [0.1, 0.15) is 5.82 Å². The summed E-state index contributed by atoms with van der Waals surface area (Å²) >= 11 is 3.14. The van der Waals surface area contributed by atoms with Crippen LogP contribution in [0.25, 0.3) is 0 Å². The van der Waals surface area contributed by atoms with Gasteiger partial charge in [0.15, 0.2) is 12.4 Å². The van der Waals surface area contributed by atoms with E-state index in [4.69, 9.17) is 14.6 Å². The molecule has 0 bridgehead atoms. The van der Waals surface area contributed by atoms with Crippen LogP contribution in [0.1, 0.15) is 5.69 Å². The van der Waals surface area contributed by atoms with Crippen molar-refractivity contribution in [2.24, 2.45) is 5.16 Å². The van der Waals surface area contributed by atoms with Gasteiger partial charge in [0, 0.05) is 12.2 Å². The van der Waals surface area contributed by atoms with Gasteiger partial charge < -0.3 is 15.3 Å². The molecule has 0 spiro atoms. The number of benzene rings is 1. The van der Waals surface area contributed by atoms with Gasteiger partial charge in [-0.3, -0.25) is 4.90 Å². The van der Waals surface area contributed by atoms with E-state index in [1.807, 2.05) is 0 Å². The SMILES string of the molecule is OCCNc1nonc1C1=NOCN1c1ccc(F)c(Br)c1. The molecule has 10 heteroatoms. The summed E-state index contributed by atoms with van der Waals surface area (Å²) < 4.78 is 18.4. The second kappa shape index (κ2) is 6.28. The minimum Gasteiger partial charge on any atom is -0.395 e. The molecule has 0 radical (unpaired) electrons. The Morgan fingerprint density at radius 2 is 2.27 bits per heavy atom. The number of nitrogens with zero attached hydrogens (tertiary/aromatic N) is 4. The van der Waals surface area contributed by atoms with Gasteiger partial charge in [0.2, 0.25) is 11.7 Å². The number of halogens is 2. The minimum absolute atomic E-state index is 0.0656. The van der Waals surface area contributed by atoms with Crippen LogP contribution in [0.3, 0.4) is 0 Å². The molecule has 2 aromatic rings. The Labute approximate surface area is 132 Å². The first kappa shape index (κ1) is 14.7. The fourth-order valence-electron chi connectivity index (χ4n) is 1.90. The first-order valence-electron chi connectivity index (χ1n) is 6.31. The summed E-state index contributed by atoms with van der Waals surface area (Å²) in [5.41, 5.74) is 1.01. The van der Waals surface area contributed by atoms with Crippen molar-refractivity contribution in [1.82, 2.24) is 10.3 Å². The van der Waals surface area contributed by atoms with Gasteiger partial charge >= 0.3 is 0 Å². The Bertz CT molecular complexity index is 708. The summed E-state index contributed by atoms with van der Waals surface area (Å²) in [6, 6.07) is 4.54. The molecule has 116 valence electrons. The van der Waals surface area contributed by atoms with E-state index < -0.39 is 0 Å². The smallest absolute Gasteiger partial charge is 0.208 e. The molecule has 1 aromatic heterocycles. The van der Waals surface area contributed by atoms with E-state index in [2.05, 4.69) is 36.7 Å². The second-order valence-corrected chi connectivity index (χ2v) is 5.17. The quantitative estimate of drug-likeness (QED) is 0.822. The lowest BCUT2D eigenvalue weighted by atomic mass is 10.2. The lowest BCUT2D eigenvalue weighted by Crippen LogP contribution is -2.29. The van der Waals surface area contributed by atoms with Crippen LogP contribution in [-0.2, 0) is 4.84 Å². The summed E-state index contributed by atoms with van der Waals surface area (Å²) in [5, 5.41) is 23.2. The molecular formula is C12H11BrFN5O3. The number of hydrogen-bond donors (Lipinski definition) is 2.